The number of para-hydroxylation sites is 2. The summed E-state index contributed by atoms with van der Waals surface area (Å²) in [5.41, 5.74) is 5.40. The van der Waals surface area contributed by atoms with Gasteiger partial charge in [-0.3, -0.25) is 9.55 Å². The van der Waals surface area contributed by atoms with Gasteiger partial charge in [-0.2, -0.15) is 5.26 Å². The third-order valence-electron chi connectivity index (χ3n) is 5.12. The monoisotopic (exact) mass is 402 g/mol. The first-order valence-corrected chi connectivity index (χ1v) is 9.87. The molecule has 3 heterocycles. The number of aromatic nitrogens is 4. The van der Waals surface area contributed by atoms with E-state index >= 15 is 0 Å². The molecule has 0 aliphatic carbocycles. The van der Waals surface area contributed by atoms with Gasteiger partial charge in [-0.25, -0.2) is 9.97 Å². The van der Waals surface area contributed by atoms with Gasteiger partial charge in [0, 0.05) is 23.6 Å². The molecule has 2 aromatic carbocycles. The van der Waals surface area contributed by atoms with E-state index in [2.05, 4.69) is 32.0 Å². The van der Waals surface area contributed by atoms with E-state index in [4.69, 9.17) is 0 Å². The lowest BCUT2D eigenvalue weighted by atomic mass is 10.1. The van der Waals surface area contributed by atoms with Crippen molar-refractivity contribution >= 4 is 22.4 Å². The van der Waals surface area contributed by atoms with Crippen LogP contribution in [0.4, 0.5) is 11.4 Å². The summed E-state index contributed by atoms with van der Waals surface area (Å²) in [6.45, 7) is 0.552. The number of nitriles is 1. The van der Waals surface area contributed by atoms with E-state index in [9.17, 15) is 5.26 Å². The van der Waals surface area contributed by atoms with Crippen LogP contribution in [0.5, 0.6) is 0 Å². The molecule has 0 unspecified atom stereocenters. The van der Waals surface area contributed by atoms with Crippen molar-refractivity contribution in [3.63, 3.8) is 0 Å². The third kappa shape index (κ3) is 3.61. The van der Waals surface area contributed by atoms with Crippen molar-refractivity contribution in [1.82, 2.24) is 19.5 Å². The molecule has 148 valence electrons. The lowest BCUT2D eigenvalue weighted by Gasteiger charge is -2.26. The number of pyridine rings is 2. The van der Waals surface area contributed by atoms with E-state index in [-0.39, 0.29) is 0 Å². The van der Waals surface area contributed by atoms with E-state index < -0.39 is 0 Å². The second kappa shape index (κ2) is 8.09. The van der Waals surface area contributed by atoms with Crippen LogP contribution in [-0.4, -0.2) is 19.5 Å². The van der Waals surface area contributed by atoms with Crippen molar-refractivity contribution < 1.29 is 0 Å². The van der Waals surface area contributed by atoms with Crippen LogP contribution in [-0.2, 0) is 6.54 Å². The maximum absolute atomic E-state index is 9.37. The molecule has 5 rings (SSSR count). The Hall–Kier alpha value is -4.50. The van der Waals surface area contributed by atoms with Gasteiger partial charge in [0.25, 0.3) is 0 Å². The second-order valence-corrected chi connectivity index (χ2v) is 7.05. The van der Waals surface area contributed by atoms with Gasteiger partial charge in [-0.05, 0) is 48.5 Å². The zero-order chi connectivity index (χ0) is 21.0. The molecule has 0 amide bonds. The summed E-state index contributed by atoms with van der Waals surface area (Å²) in [6.07, 6.45) is 7.17. The average Bonchev–Trinajstić information content (AvgIpc) is 3.27. The second-order valence-electron chi connectivity index (χ2n) is 7.05. The predicted octanol–water partition coefficient (Wildman–Crippen LogP) is 5.03. The van der Waals surface area contributed by atoms with Crippen molar-refractivity contribution in [2.24, 2.45) is 0 Å². The molecule has 0 spiro atoms. The molecular weight excluding hydrogens is 384 g/mol. The van der Waals surface area contributed by atoms with Gasteiger partial charge in [0.2, 0.25) is 0 Å². The van der Waals surface area contributed by atoms with Crippen molar-refractivity contribution in [2.75, 3.05) is 4.90 Å². The largest absolute Gasteiger partial charge is 0.336 e. The van der Waals surface area contributed by atoms with Crippen LogP contribution >= 0.6 is 0 Å². The first-order chi connectivity index (χ1) is 15.3. The van der Waals surface area contributed by atoms with Crippen molar-refractivity contribution in [1.29, 1.82) is 5.26 Å². The number of imidazole rings is 1. The molecule has 0 aliphatic heterocycles. The summed E-state index contributed by atoms with van der Waals surface area (Å²) < 4.78 is 2.01. The summed E-state index contributed by atoms with van der Waals surface area (Å²) in [6, 6.07) is 25.7. The molecule has 0 bridgehead atoms. The van der Waals surface area contributed by atoms with E-state index in [1.54, 1.807) is 24.8 Å². The highest BCUT2D eigenvalue weighted by atomic mass is 15.2. The molecule has 0 aliphatic rings. The maximum atomic E-state index is 9.37. The highest BCUT2D eigenvalue weighted by molar-refractivity contribution is 5.77. The van der Waals surface area contributed by atoms with E-state index in [0.29, 0.717) is 12.1 Å². The number of anilines is 2. The Morgan fingerprint density at radius 3 is 2.61 bits per heavy atom. The zero-order valence-corrected chi connectivity index (χ0v) is 16.6. The normalized spacial score (nSPS) is 10.7. The SMILES string of the molecule is N#Cc1cccc(N(Cc2cccnc2-n2cnc3ccccc32)c2cccnc2)c1. The minimum atomic E-state index is 0.552. The Morgan fingerprint density at radius 1 is 0.871 bits per heavy atom. The highest BCUT2D eigenvalue weighted by Gasteiger charge is 2.16. The number of fused-ring (bicyclic) bond motifs is 1. The van der Waals surface area contributed by atoms with Crippen LogP contribution in [0.15, 0.2) is 97.7 Å². The summed E-state index contributed by atoms with van der Waals surface area (Å²) in [4.78, 5) is 15.6. The molecular formula is C25H18N6. The van der Waals surface area contributed by atoms with Gasteiger partial charge in [0.15, 0.2) is 0 Å². The summed E-state index contributed by atoms with van der Waals surface area (Å²) in [7, 11) is 0. The van der Waals surface area contributed by atoms with Crippen molar-refractivity contribution in [3.05, 3.63) is 109 Å². The van der Waals surface area contributed by atoms with E-state index in [1.165, 1.54) is 0 Å². The molecule has 6 nitrogen and oxygen atoms in total. The molecule has 0 N–H and O–H groups in total. The van der Waals surface area contributed by atoms with Crippen LogP contribution in [0, 0.1) is 11.3 Å². The Bertz CT molecular complexity index is 1380. The molecule has 3 aromatic heterocycles. The van der Waals surface area contributed by atoms with Gasteiger partial charge in [0.05, 0.1) is 41.1 Å². The van der Waals surface area contributed by atoms with E-state index in [0.717, 1.165) is 33.8 Å². The summed E-state index contributed by atoms with van der Waals surface area (Å²) in [5, 5.41) is 9.37. The van der Waals surface area contributed by atoms with Crippen LogP contribution in [0.1, 0.15) is 11.1 Å². The number of rotatable bonds is 5. The molecule has 0 radical (unpaired) electrons. The molecule has 0 fully saturated rings. The zero-order valence-electron chi connectivity index (χ0n) is 16.6. The average molecular weight is 402 g/mol. The van der Waals surface area contributed by atoms with Gasteiger partial charge in [0.1, 0.15) is 12.1 Å². The molecule has 5 aromatic rings. The van der Waals surface area contributed by atoms with Gasteiger partial charge < -0.3 is 4.90 Å². The van der Waals surface area contributed by atoms with Gasteiger partial charge >= 0.3 is 0 Å². The van der Waals surface area contributed by atoms with Gasteiger partial charge in [-0.15, -0.1) is 0 Å². The third-order valence-corrected chi connectivity index (χ3v) is 5.12. The maximum Gasteiger partial charge on any atom is 0.143 e. The molecule has 31 heavy (non-hydrogen) atoms. The standard InChI is InChI=1S/C25H18N6/c26-15-19-6-3-8-21(14-19)30(22-9-5-12-27-16-22)17-20-7-4-13-28-25(20)31-18-29-23-10-1-2-11-24(23)31/h1-14,16,18H,17H2. The number of benzene rings is 2. The topological polar surface area (TPSA) is 70.6 Å². The fourth-order valence-corrected chi connectivity index (χ4v) is 3.66. The Labute approximate surface area is 179 Å². The smallest absolute Gasteiger partial charge is 0.143 e. The Balaban J connectivity index is 1.62. The number of hydrogen-bond donors (Lipinski definition) is 0. The van der Waals surface area contributed by atoms with Gasteiger partial charge in [-0.1, -0.05) is 24.3 Å². The molecule has 6 heteroatoms. The molecule has 0 saturated carbocycles. The Kier molecular flexibility index (Phi) is 4.83. The molecule has 0 saturated heterocycles. The minimum Gasteiger partial charge on any atom is -0.336 e. The fourth-order valence-electron chi connectivity index (χ4n) is 3.66. The van der Waals surface area contributed by atoms with Crippen LogP contribution < -0.4 is 4.90 Å². The quantitative estimate of drug-likeness (QED) is 0.413. The summed E-state index contributed by atoms with van der Waals surface area (Å²) in [5.74, 6) is 0.821. The first kappa shape index (κ1) is 18.5. The minimum absolute atomic E-state index is 0.552. The predicted molar refractivity (Wildman–Crippen MR) is 120 cm³/mol. The van der Waals surface area contributed by atoms with Crippen molar-refractivity contribution in [2.45, 2.75) is 6.54 Å². The number of hydrogen-bond acceptors (Lipinski definition) is 5. The van der Waals surface area contributed by atoms with Crippen LogP contribution in [0.25, 0.3) is 16.9 Å². The molecule has 0 atom stereocenters. The first-order valence-electron chi connectivity index (χ1n) is 9.87. The van der Waals surface area contributed by atoms with E-state index in [1.807, 2.05) is 71.4 Å². The van der Waals surface area contributed by atoms with Crippen LogP contribution in [0.2, 0.25) is 0 Å². The van der Waals surface area contributed by atoms with Crippen molar-refractivity contribution in [3.8, 4) is 11.9 Å². The lowest BCUT2D eigenvalue weighted by molar-refractivity contribution is 0.914. The highest BCUT2D eigenvalue weighted by Crippen LogP contribution is 2.29. The lowest BCUT2D eigenvalue weighted by Crippen LogP contribution is -2.18. The fraction of sp³-hybridized carbons (Fsp3) is 0.0400. The van der Waals surface area contributed by atoms with Crippen LogP contribution in [0.3, 0.4) is 0 Å². The Morgan fingerprint density at radius 2 is 1.74 bits per heavy atom. The summed E-state index contributed by atoms with van der Waals surface area (Å²) >= 11 is 0. The number of nitrogens with zero attached hydrogens (tertiary/aromatic N) is 6.